The lowest BCUT2D eigenvalue weighted by molar-refractivity contribution is -0.136. The predicted molar refractivity (Wildman–Crippen MR) is 118 cm³/mol. The van der Waals surface area contributed by atoms with Gasteiger partial charge in [-0.05, 0) is 40.8 Å². The Morgan fingerprint density at radius 1 is 1.03 bits per heavy atom. The number of hydrogen-bond acceptors (Lipinski definition) is 5. The molecule has 0 radical (unpaired) electrons. The third-order valence-corrected chi connectivity index (χ3v) is 7.69. The number of piperazine rings is 1. The number of carbonyl (C=O) groups is 2. The van der Waals surface area contributed by atoms with Gasteiger partial charge in [-0.25, -0.2) is 0 Å². The molecule has 0 aromatic carbocycles. The van der Waals surface area contributed by atoms with E-state index < -0.39 is 0 Å². The highest BCUT2D eigenvalue weighted by Crippen LogP contribution is 2.39. The summed E-state index contributed by atoms with van der Waals surface area (Å²) < 4.78 is 0. The lowest BCUT2D eigenvalue weighted by Crippen LogP contribution is -2.52. The SMILES string of the molecule is CC(C)CC(=O)N1CCN(CC(=O)N2CCc3sccc3C2c2cccs2)CC1. The van der Waals surface area contributed by atoms with E-state index in [9.17, 15) is 9.59 Å². The first-order valence-electron chi connectivity index (χ1n) is 10.4. The third kappa shape index (κ3) is 4.57. The Bertz CT molecular complexity index is 838. The zero-order valence-corrected chi connectivity index (χ0v) is 18.8. The number of rotatable bonds is 5. The Kier molecular flexibility index (Phi) is 6.37. The molecule has 156 valence electrons. The first kappa shape index (κ1) is 20.6. The fourth-order valence-electron chi connectivity index (χ4n) is 4.25. The van der Waals surface area contributed by atoms with E-state index in [4.69, 9.17) is 0 Å². The zero-order chi connectivity index (χ0) is 20.4. The van der Waals surface area contributed by atoms with Crippen molar-refractivity contribution >= 4 is 34.5 Å². The van der Waals surface area contributed by atoms with Gasteiger partial charge in [-0.1, -0.05) is 19.9 Å². The molecule has 0 saturated carbocycles. The van der Waals surface area contributed by atoms with E-state index in [0.29, 0.717) is 18.9 Å². The van der Waals surface area contributed by atoms with Gasteiger partial charge in [-0.3, -0.25) is 14.5 Å². The van der Waals surface area contributed by atoms with Gasteiger partial charge in [0.2, 0.25) is 11.8 Å². The number of thiophene rings is 2. The van der Waals surface area contributed by atoms with E-state index in [-0.39, 0.29) is 17.9 Å². The van der Waals surface area contributed by atoms with Crippen LogP contribution in [0.25, 0.3) is 0 Å². The molecular formula is C22H29N3O2S2. The van der Waals surface area contributed by atoms with E-state index in [0.717, 1.165) is 39.1 Å². The Morgan fingerprint density at radius 3 is 2.52 bits per heavy atom. The number of carbonyl (C=O) groups excluding carboxylic acids is 2. The van der Waals surface area contributed by atoms with Crippen molar-refractivity contribution in [2.75, 3.05) is 39.3 Å². The summed E-state index contributed by atoms with van der Waals surface area (Å²) in [7, 11) is 0. The Balaban J connectivity index is 1.39. The summed E-state index contributed by atoms with van der Waals surface area (Å²) in [4.78, 5) is 34.4. The molecule has 1 fully saturated rings. The predicted octanol–water partition coefficient (Wildman–Crippen LogP) is 3.47. The summed E-state index contributed by atoms with van der Waals surface area (Å²) in [5.41, 5.74) is 1.29. The van der Waals surface area contributed by atoms with Crippen molar-refractivity contribution in [3.8, 4) is 0 Å². The molecule has 29 heavy (non-hydrogen) atoms. The molecule has 2 aromatic rings. The normalized spacial score (nSPS) is 20.2. The van der Waals surface area contributed by atoms with Crippen LogP contribution in [0.2, 0.25) is 0 Å². The lowest BCUT2D eigenvalue weighted by atomic mass is 9.98. The molecule has 1 saturated heterocycles. The van der Waals surface area contributed by atoms with E-state index in [1.165, 1.54) is 15.3 Å². The molecular weight excluding hydrogens is 402 g/mol. The van der Waals surface area contributed by atoms with Gasteiger partial charge in [-0.2, -0.15) is 0 Å². The second-order valence-corrected chi connectivity index (χ2v) is 10.3. The van der Waals surface area contributed by atoms with Crippen LogP contribution in [0, 0.1) is 5.92 Å². The summed E-state index contributed by atoms with van der Waals surface area (Å²) in [5, 5.41) is 4.23. The minimum atomic E-state index is 0.0476. The maximum atomic E-state index is 13.3. The van der Waals surface area contributed by atoms with Crippen LogP contribution >= 0.6 is 22.7 Å². The standard InChI is InChI=1S/C22H29N3O2S2/c1-16(2)14-20(26)24-10-8-23(9-11-24)15-21(27)25-7-5-18-17(6-13-29-18)22(25)19-4-3-12-28-19/h3-4,6,12-13,16,22H,5,7-11,14-15H2,1-2H3. The summed E-state index contributed by atoms with van der Waals surface area (Å²) in [6.07, 6.45) is 1.55. The van der Waals surface area contributed by atoms with Crippen LogP contribution in [0.4, 0.5) is 0 Å². The molecule has 4 heterocycles. The number of amides is 2. The Labute approximate surface area is 180 Å². The summed E-state index contributed by atoms with van der Waals surface area (Å²) >= 11 is 3.53. The van der Waals surface area contributed by atoms with Crippen molar-refractivity contribution in [1.82, 2.24) is 14.7 Å². The summed E-state index contributed by atoms with van der Waals surface area (Å²) in [6.45, 7) is 8.37. The van der Waals surface area contributed by atoms with Crippen molar-refractivity contribution in [3.63, 3.8) is 0 Å². The van der Waals surface area contributed by atoms with Gasteiger partial charge in [0.05, 0.1) is 12.6 Å². The second-order valence-electron chi connectivity index (χ2n) is 8.31. The van der Waals surface area contributed by atoms with Crippen LogP contribution < -0.4 is 0 Å². The molecule has 1 unspecified atom stereocenters. The number of fused-ring (bicyclic) bond motifs is 1. The first-order valence-corrected chi connectivity index (χ1v) is 12.2. The maximum Gasteiger partial charge on any atom is 0.237 e. The Hall–Kier alpha value is -1.70. The minimum absolute atomic E-state index is 0.0476. The van der Waals surface area contributed by atoms with Gasteiger partial charge < -0.3 is 9.80 Å². The van der Waals surface area contributed by atoms with Crippen molar-refractivity contribution in [3.05, 3.63) is 44.3 Å². The largest absolute Gasteiger partial charge is 0.340 e. The van der Waals surface area contributed by atoms with E-state index in [2.05, 4.69) is 52.6 Å². The average Bonchev–Trinajstić information content (AvgIpc) is 3.39. The van der Waals surface area contributed by atoms with Gasteiger partial charge in [0.1, 0.15) is 0 Å². The van der Waals surface area contributed by atoms with Gasteiger partial charge >= 0.3 is 0 Å². The lowest BCUT2D eigenvalue weighted by Gasteiger charge is -2.39. The number of nitrogens with zero attached hydrogens (tertiary/aromatic N) is 3. The fourth-order valence-corrected chi connectivity index (χ4v) is 6.01. The molecule has 1 atom stereocenters. The average molecular weight is 432 g/mol. The van der Waals surface area contributed by atoms with Crippen LogP contribution in [0.5, 0.6) is 0 Å². The smallest absolute Gasteiger partial charge is 0.237 e. The van der Waals surface area contributed by atoms with Crippen LogP contribution in [0.1, 0.15) is 41.6 Å². The topological polar surface area (TPSA) is 43.9 Å². The monoisotopic (exact) mass is 431 g/mol. The van der Waals surface area contributed by atoms with Gasteiger partial charge in [0.15, 0.2) is 0 Å². The fraction of sp³-hybridized carbons (Fsp3) is 0.545. The molecule has 2 aliphatic heterocycles. The first-order chi connectivity index (χ1) is 14.0. The molecule has 0 spiro atoms. The molecule has 2 amide bonds. The number of hydrogen-bond donors (Lipinski definition) is 0. The molecule has 0 bridgehead atoms. The second kappa shape index (κ2) is 8.98. The summed E-state index contributed by atoms with van der Waals surface area (Å²) in [5.74, 6) is 0.823. The molecule has 2 aromatic heterocycles. The molecule has 7 heteroatoms. The van der Waals surface area contributed by atoms with Crippen molar-refractivity contribution in [1.29, 1.82) is 0 Å². The molecule has 0 N–H and O–H groups in total. The van der Waals surface area contributed by atoms with Crippen molar-refractivity contribution < 1.29 is 9.59 Å². The van der Waals surface area contributed by atoms with Crippen LogP contribution in [0.3, 0.4) is 0 Å². The van der Waals surface area contributed by atoms with E-state index in [1.807, 2.05) is 4.90 Å². The van der Waals surface area contributed by atoms with Crippen LogP contribution in [-0.4, -0.2) is 65.8 Å². The highest BCUT2D eigenvalue weighted by atomic mass is 32.1. The zero-order valence-electron chi connectivity index (χ0n) is 17.2. The molecule has 4 rings (SSSR count). The molecule has 5 nitrogen and oxygen atoms in total. The van der Waals surface area contributed by atoms with Crippen molar-refractivity contribution in [2.45, 2.75) is 32.7 Å². The third-order valence-electron chi connectivity index (χ3n) is 5.77. The van der Waals surface area contributed by atoms with Crippen LogP contribution in [-0.2, 0) is 16.0 Å². The van der Waals surface area contributed by atoms with E-state index in [1.54, 1.807) is 22.7 Å². The summed E-state index contributed by atoms with van der Waals surface area (Å²) in [6, 6.07) is 6.44. The molecule has 0 aliphatic carbocycles. The highest BCUT2D eigenvalue weighted by Gasteiger charge is 2.34. The van der Waals surface area contributed by atoms with Gasteiger partial charge in [0.25, 0.3) is 0 Å². The Morgan fingerprint density at radius 2 is 1.83 bits per heavy atom. The van der Waals surface area contributed by atoms with Gasteiger partial charge in [0, 0.05) is 48.9 Å². The minimum Gasteiger partial charge on any atom is -0.340 e. The maximum absolute atomic E-state index is 13.3. The quantitative estimate of drug-likeness (QED) is 0.728. The van der Waals surface area contributed by atoms with Crippen molar-refractivity contribution in [2.24, 2.45) is 5.92 Å². The highest BCUT2D eigenvalue weighted by molar-refractivity contribution is 7.10. The van der Waals surface area contributed by atoms with E-state index >= 15 is 0 Å². The van der Waals surface area contributed by atoms with Crippen LogP contribution in [0.15, 0.2) is 29.0 Å². The van der Waals surface area contributed by atoms with Gasteiger partial charge in [-0.15, -0.1) is 22.7 Å². The molecule has 2 aliphatic rings.